The van der Waals surface area contributed by atoms with Crippen molar-refractivity contribution in [3.8, 4) is 0 Å². The zero-order chi connectivity index (χ0) is 14.2. The molecular formula is C13H12O. The van der Waals surface area contributed by atoms with Gasteiger partial charge in [0.15, 0.2) is 0 Å². The van der Waals surface area contributed by atoms with Crippen LogP contribution in [0.15, 0.2) is 60.5 Å². The summed E-state index contributed by atoms with van der Waals surface area (Å²) in [6.07, 6.45) is -1.24. The minimum absolute atomic E-state index is 0.0998. The van der Waals surface area contributed by atoms with Gasteiger partial charge in [-0.1, -0.05) is 60.5 Å². The molecule has 1 atom stereocenters. The van der Waals surface area contributed by atoms with Gasteiger partial charge >= 0.3 is 0 Å². The van der Waals surface area contributed by atoms with E-state index in [9.17, 15) is 5.11 Å². The molecule has 0 aliphatic heterocycles. The maximum Gasteiger partial charge on any atom is 0.104 e. The van der Waals surface area contributed by atoms with Crippen LogP contribution in [0.1, 0.15) is 24.1 Å². The molecule has 0 aromatic heterocycles. The molecule has 1 nitrogen and oxygen atoms in total. The van der Waals surface area contributed by atoms with Gasteiger partial charge in [0, 0.05) is 0 Å². The third-order valence-electron chi connectivity index (χ3n) is 1.91. The lowest BCUT2D eigenvalue weighted by atomic mass is 10.0. The maximum absolute atomic E-state index is 10.2. The Balaban J connectivity index is 2.64. The first-order valence-corrected chi connectivity index (χ1v) is 4.25. The van der Waals surface area contributed by atoms with Crippen LogP contribution in [-0.2, 0) is 0 Å². The van der Waals surface area contributed by atoms with E-state index in [2.05, 4.69) is 0 Å². The fourth-order valence-electron chi connectivity index (χ4n) is 1.20. The Bertz CT molecular complexity index is 583. The molecule has 0 bridgehead atoms. The third kappa shape index (κ3) is 1.83. The van der Waals surface area contributed by atoms with Crippen LogP contribution in [-0.4, -0.2) is 5.11 Å². The molecule has 1 N–H and O–H groups in total. The lowest BCUT2D eigenvalue weighted by Crippen LogP contribution is -1.98. The van der Waals surface area contributed by atoms with Crippen molar-refractivity contribution in [2.45, 2.75) is 6.10 Å². The highest BCUT2D eigenvalue weighted by molar-refractivity contribution is 5.29. The highest BCUT2D eigenvalue weighted by Crippen LogP contribution is 2.20. The predicted octanol–water partition coefficient (Wildman–Crippen LogP) is 2.77. The summed E-state index contributed by atoms with van der Waals surface area (Å²) in [4.78, 5) is 0. The van der Waals surface area contributed by atoms with Crippen LogP contribution >= 0.6 is 0 Å². The molecule has 0 radical (unpaired) electrons. The van der Waals surface area contributed by atoms with Gasteiger partial charge in [-0.25, -0.2) is 0 Å². The van der Waals surface area contributed by atoms with Crippen LogP contribution in [0.2, 0.25) is 0 Å². The number of aliphatic hydroxyl groups is 1. The van der Waals surface area contributed by atoms with E-state index < -0.39 is 24.2 Å². The first-order valence-electron chi connectivity index (χ1n) is 6.75. The molecule has 0 saturated heterocycles. The molecule has 0 aliphatic carbocycles. The lowest BCUT2D eigenvalue weighted by Gasteiger charge is -2.10. The van der Waals surface area contributed by atoms with E-state index in [0.29, 0.717) is 5.56 Å². The average molecular weight is 189 g/mol. The summed E-state index contributed by atoms with van der Waals surface area (Å²) in [5.74, 6) is 0. The summed E-state index contributed by atoms with van der Waals surface area (Å²) in [5, 5.41) is 10.2. The Hall–Kier alpha value is -1.60. The van der Waals surface area contributed by atoms with Crippen molar-refractivity contribution in [3.05, 3.63) is 71.7 Å². The molecule has 0 spiro atoms. The summed E-state index contributed by atoms with van der Waals surface area (Å²) in [5.41, 5.74) is 0.387. The first kappa shape index (κ1) is 4.76. The highest BCUT2D eigenvalue weighted by atomic mass is 16.3. The second-order valence-corrected chi connectivity index (χ2v) is 2.85. The summed E-state index contributed by atoms with van der Waals surface area (Å²) < 4.78 is 38.2. The van der Waals surface area contributed by atoms with Crippen molar-refractivity contribution >= 4 is 0 Å². The summed E-state index contributed by atoms with van der Waals surface area (Å²) in [7, 11) is 0. The molecule has 2 rings (SSSR count). The van der Waals surface area contributed by atoms with Crippen molar-refractivity contribution in [2.75, 3.05) is 0 Å². The minimum atomic E-state index is -1.24. The summed E-state index contributed by atoms with van der Waals surface area (Å²) >= 11 is 0. The van der Waals surface area contributed by atoms with E-state index >= 15 is 0 Å². The van der Waals surface area contributed by atoms with E-state index in [1.54, 1.807) is 30.3 Å². The molecule has 70 valence electrons. The molecule has 0 heterocycles. The van der Waals surface area contributed by atoms with Gasteiger partial charge < -0.3 is 5.11 Å². The van der Waals surface area contributed by atoms with Gasteiger partial charge in [0.05, 0.1) is 6.85 Å². The molecule has 0 unspecified atom stereocenters. The van der Waals surface area contributed by atoms with Crippen LogP contribution in [0.5, 0.6) is 0 Å². The second-order valence-electron chi connectivity index (χ2n) is 2.85. The molecule has 0 amide bonds. The van der Waals surface area contributed by atoms with Crippen molar-refractivity contribution in [2.24, 2.45) is 0 Å². The van der Waals surface area contributed by atoms with Crippen molar-refractivity contribution < 1.29 is 12.0 Å². The first-order chi connectivity index (χ1) is 8.95. The van der Waals surface area contributed by atoms with Crippen molar-refractivity contribution in [1.82, 2.24) is 0 Å². The number of hydrogen-bond donors (Lipinski definition) is 1. The number of benzene rings is 2. The summed E-state index contributed by atoms with van der Waals surface area (Å²) in [6.45, 7) is 0. The molecule has 14 heavy (non-hydrogen) atoms. The minimum Gasteiger partial charge on any atom is -0.384 e. The smallest absolute Gasteiger partial charge is 0.104 e. The van der Waals surface area contributed by atoms with Crippen LogP contribution in [0.4, 0.5) is 0 Å². The summed E-state index contributed by atoms with van der Waals surface area (Å²) in [6, 6.07) is 6.41. The molecule has 0 aliphatic rings. The number of rotatable bonds is 2. The highest BCUT2D eigenvalue weighted by Gasteiger charge is 2.07. The molecule has 2 aromatic rings. The van der Waals surface area contributed by atoms with Gasteiger partial charge in [0.1, 0.15) is 6.10 Å². The SMILES string of the molecule is [2H]c1c([2H])c([2H])c([C@@H](O)c2ccccc2)c([2H])c1[2H]. The third-order valence-corrected chi connectivity index (χ3v) is 1.91. The standard InChI is InChI=1S/C13H12O/c14-13(11-7-3-1-4-8-11)12-9-5-2-6-10-12/h1-10,13-14H/i1D,3D,4D,7D,8D/t13-/m1/s1. The fourth-order valence-corrected chi connectivity index (χ4v) is 1.20. The quantitative estimate of drug-likeness (QED) is 0.770. The average Bonchev–Trinajstić information content (AvgIpc) is 2.44. The molecule has 0 saturated carbocycles. The van der Waals surface area contributed by atoms with Crippen LogP contribution < -0.4 is 0 Å². The van der Waals surface area contributed by atoms with Gasteiger partial charge in [-0.15, -0.1) is 0 Å². The topological polar surface area (TPSA) is 20.2 Å². The van der Waals surface area contributed by atoms with E-state index in [4.69, 9.17) is 6.85 Å². The second kappa shape index (κ2) is 4.07. The van der Waals surface area contributed by atoms with Gasteiger partial charge in [-0.3, -0.25) is 0 Å². The molecular weight excluding hydrogens is 172 g/mol. The van der Waals surface area contributed by atoms with Crippen LogP contribution in [0.25, 0.3) is 0 Å². The zero-order valence-corrected chi connectivity index (χ0v) is 7.41. The zero-order valence-electron chi connectivity index (χ0n) is 12.4. The lowest BCUT2D eigenvalue weighted by molar-refractivity contribution is 0.220. The Kier molecular flexibility index (Phi) is 1.38. The Morgan fingerprint density at radius 3 is 2.21 bits per heavy atom. The number of hydrogen-bond acceptors (Lipinski definition) is 1. The Labute approximate surface area is 90.7 Å². The van der Waals surface area contributed by atoms with Crippen molar-refractivity contribution in [3.63, 3.8) is 0 Å². The van der Waals surface area contributed by atoms with Crippen molar-refractivity contribution in [1.29, 1.82) is 0 Å². The fraction of sp³-hybridized carbons (Fsp3) is 0.0769. The van der Waals surface area contributed by atoms with E-state index in [1.807, 2.05) is 0 Å². The Morgan fingerprint density at radius 2 is 1.57 bits per heavy atom. The Morgan fingerprint density at radius 1 is 0.929 bits per heavy atom. The van der Waals surface area contributed by atoms with E-state index in [-0.39, 0.29) is 17.6 Å². The van der Waals surface area contributed by atoms with Gasteiger partial charge in [0.25, 0.3) is 0 Å². The largest absolute Gasteiger partial charge is 0.384 e. The predicted molar refractivity (Wildman–Crippen MR) is 56.9 cm³/mol. The number of aliphatic hydroxyl groups excluding tert-OH is 1. The van der Waals surface area contributed by atoms with Gasteiger partial charge in [0.2, 0.25) is 0 Å². The van der Waals surface area contributed by atoms with E-state index in [0.717, 1.165) is 0 Å². The normalized spacial score (nSPS) is 17.4. The van der Waals surface area contributed by atoms with Crippen LogP contribution in [0.3, 0.4) is 0 Å². The van der Waals surface area contributed by atoms with Crippen LogP contribution in [0, 0.1) is 0 Å². The monoisotopic (exact) mass is 189 g/mol. The maximum atomic E-state index is 10.2. The van der Waals surface area contributed by atoms with E-state index in [1.165, 1.54) is 0 Å². The molecule has 2 aromatic carbocycles. The van der Waals surface area contributed by atoms with Gasteiger partial charge in [-0.2, -0.15) is 0 Å². The molecule has 0 fully saturated rings. The van der Waals surface area contributed by atoms with Gasteiger partial charge in [-0.05, 0) is 11.1 Å². The molecule has 1 heteroatoms.